The summed E-state index contributed by atoms with van der Waals surface area (Å²) in [6, 6.07) is 2.60. The summed E-state index contributed by atoms with van der Waals surface area (Å²) < 4.78 is 10.9. The summed E-state index contributed by atoms with van der Waals surface area (Å²) in [5, 5.41) is 11.3. The number of nitrogens with zero attached hydrogens (tertiary/aromatic N) is 2. The Morgan fingerprint density at radius 2 is 1.94 bits per heavy atom. The van der Waals surface area contributed by atoms with Crippen LogP contribution in [0.4, 0.5) is 0 Å². The van der Waals surface area contributed by atoms with Gasteiger partial charge in [0, 0.05) is 17.8 Å². The van der Waals surface area contributed by atoms with Crippen LogP contribution < -0.4 is 0 Å². The van der Waals surface area contributed by atoms with E-state index in [0.29, 0.717) is 41.3 Å². The average Bonchev–Trinajstić information content (AvgIpc) is 3.37. The second kappa shape index (κ2) is 9.66. The number of nitrogens with one attached hydrogen (secondary N) is 1. The van der Waals surface area contributed by atoms with Crippen LogP contribution in [0.2, 0.25) is 0 Å². The standard InChI is InChI=1S/C24H31N3O6/c1-7-32-24(31)19-14(3)17(15(4)25-19)21(28)18-20(16-10-9-13(2)33-16)27(23(30)22(18)29)12-8-11-26(5)6/h9-10,20,25,28H,7-8,11-12H2,1-6H3. The van der Waals surface area contributed by atoms with Crippen LogP contribution in [0.15, 0.2) is 22.1 Å². The number of Topliss-reactive ketones (excluding diaryl/α,β-unsaturated/α-hetero) is 1. The van der Waals surface area contributed by atoms with Crippen molar-refractivity contribution in [2.45, 2.75) is 40.2 Å². The Kier molecular flexibility index (Phi) is 7.12. The van der Waals surface area contributed by atoms with E-state index in [1.807, 2.05) is 19.0 Å². The van der Waals surface area contributed by atoms with Crippen molar-refractivity contribution in [1.29, 1.82) is 0 Å². The Labute approximate surface area is 193 Å². The number of ketones is 1. The van der Waals surface area contributed by atoms with E-state index in [9.17, 15) is 19.5 Å². The number of hydrogen-bond acceptors (Lipinski definition) is 7. The predicted octanol–water partition coefficient (Wildman–Crippen LogP) is 3.08. The summed E-state index contributed by atoms with van der Waals surface area (Å²) in [6.07, 6.45) is 0.644. The molecule has 9 heteroatoms. The molecule has 0 spiro atoms. The van der Waals surface area contributed by atoms with Gasteiger partial charge in [0.15, 0.2) is 0 Å². The Balaban J connectivity index is 2.13. The van der Waals surface area contributed by atoms with Crippen LogP contribution in [0.1, 0.15) is 58.2 Å². The molecule has 0 saturated carbocycles. The lowest BCUT2D eigenvalue weighted by Gasteiger charge is -2.24. The fourth-order valence-electron chi connectivity index (χ4n) is 4.21. The highest BCUT2D eigenvalue weighted by Crippen LogP contribution is 2.41. The summed E-state index contributed by atoms with van der Waals surface area (Å²) in [5.41, 5.74) is 1.37. The van der Waals surface area contributed by atoms with Gasteiger partial charge in [-0.1, -0.05) is 0 Å². The van der Waals surface area contributed by atoms with Gasteiger partial charge in [0.1, 0.15) is 29.0 Å². The Hall–Kier alpha value is -3.33. The molecule has 9 nitrogen and oxygen atoms in total. The highest BCUT2D eigenvalue weighted by atomic mass is 16.5. The molecule has 2 N–H and O–H groups in total. The zero-order chi connectivity index (χ0) is 24.4. The van der Waals surface area contributed by atoms with Gasteiger partial charge in [0.25, 0.3) is 11.7 Å². The molecule has 0 radical (unpaired) electrons. The van der Waals surface area contributed by atoms with E-state index in [-0.39, 0.29) is 23.6 Å². The zero-order valence-corrected chi connectivity index (χ0v) is 19.9. The number of carbonyl (C=O) groups excluding carboxylic acids is 3. The van der Waals surface area contributed by atoms with Gasteiger partial charge < -0.3 is 29.0 Å². The molecular weight excluding hydrogens is 426 g/mol. The Bertz CT molecular complexity index is 1110. The Morgan fingerprint density at radius 3 is 2.52 bits per heavy atom. The third kappa shape index (κ3) is 4.59. The summed E-state index contributed by atoms with van der Waals surface area (Å²) in [5.74, 6) is -1.35. The molecule has 1 aliphatic rings. The van der Waals surface area contributed by atoms with Gasteiger partial charge in [-0.25, -0.2) is 4.79 Å². The van der Waals surface area contributed by atoms with Gasteiger partial charge in [-0.2, -0.15) is 0 Å². The summed E-state index contributed by atoms with van der Waals surface area (Å²) in [4.78, 5) is 44.8. The van der Waals surface area contributed by atoms with Gasteiger partial charge in [-0.3, -0.25) is 9.59 Å². The van der Waals surface area contributed by atoms with Crippen molar-refractivity contribution in [2.24, 2.45) is 0 Å². The highest BCUT2D eigenvalue weighted by Gasteiger charge is 2.47. The van der Waals surface area contributed by atoms with Crippen LogP contribution in [0, 0.1) is 20.8 Å². The molecule has 3 heterocycles. The monoisotopic (exact) mass is 457 g/mol. The van der Waals surface area contributed by atoms with Gasteiger partial charge in [-0.05, 0) is 72.5 Å². The lowest BCUT2D eigenvalue weighted by molar-refractivity contribution is -0.140. The first-order valence-corrected chi connectivity index (χ1v) is 10.9. The number of H-pyrrole nitrogens is 1. The van der Waals surface area contributed by atoms with Gasteiger partial charge in [0.05, 0.1) is 12.2 Å². The van der Waals surface area contributed by atoms with E-state index in [2.05, 4.69) is 4.98 Å². The van der Waals surface area contributed by atoms with E-state index in [1.54, 1.807) is 39.8 Å². The van der Waals surface area contributed by atoms with E-state index in [4.69, 9.17) is 9.15 Å². The number of aliphatic hydroxyl groups excluding tert-OH is 1. The number of hydrogen-bond donors (Lipinski definition) is 2. The molecule has 0 aliphatic carbocycles. The van der Waals surface area contributed by atoms with Crippen molar-refractivity contribution >= 4 is 23.4 Å². The Morgan fingerprint density at radius 1 is 1.24 bits per heavy atom. The third-order valence-electron chi connectivity index (χ3n) is 5.73. The van der Waals surface area contributed by atoms with Crippen molar-refractivity contribution in [3.8, 4) is 0 Å². The first-order valence-electron chi connectivity index (χ1n) is 10.9. The first-order chi connectivity index (χ1) is 15.6. The van der Waals surface area contributed by atoms with E-state index >= 15 is 0 Å². The molecule has 1 aliphatic heterocycles. The van der Waals surface area contributed by atoms with Crippen LogP contribution in [-0.4, -0.2) is 71.3 Å². The molecule has 1 fully saturated rings. The quantitative estimate of drug-likeness (QED) is 0.271. The second-order valence-electron chi connectivity index (χ2n) is 8.44. The molecule has 1 amide bonds. The maximum absolute atomic E-state index is 13.1. The molecular formula is C24H31N3O6. The molecule has 1 saturated heterocycles. The molecule has 0 aromatic carbocycles. The van der Waals surface area contributed by atoms with Crippen molar-refractivity contribution < 1.29 is 28.6 Å². The minimum absolute atomic E-state index is 0.0557. The van der Waals surface area contributed by atoms with E-state index in [0.717, 1.165) is 6.54 Å². The van der Waals surface area contributed by atoms with Gasteiger partial charge in [0.2, 0.25) is 0 Å². The maximum atomic E-state index is 13.1. The lowest BCUT2D eigenvalue weighted by atomic mass is 9.97. The normalized spacial score (nSPS) is 17.9. The molecule has 2 aromatic heterocycles. The summed E-state index contributed by atoms with van der Waals surface area (Å²) >= 11 is 0. The number of ether oxygens (including phenoxy) is 1. The topological polar surface area (TPSA) is 116 Å². The van der Waals surface area contributed by atoms with Crippen molar-refractivity contribution in [1.82, 2.24) is 14.8 Å². The van der Waals surface area contributed by atoms with Gasteiger partial charge >= 0.3 is 5.97 Å². The van der Waals surface area contributed by atoms with Crippen LogP contribution in [-0.2, 0) is 14.3 Å². The van der Waals surface area contributed by atoms with Gasteiger partial charge in [-0.15, -0.1) is 0 Å². The van der Waals surface area contributed by atoms with Crippen LogP contribution in [0.25, 0.3) is 5.76 Å². The highest BCUT2D eigenvalue weighted by molar-refractivity contribution is 6.46. The molecule has 2 aromatic rings. The third-order valence-corrected chi connectivity index (χ3v) is 5.73. The van der Waals surface area contributed by atoms with Crippen molar-refractivity contribution in [2.75, 3.05) is 33.8 Å². The number of aromatic amines is 1. The number of rotatable bonds is 8. The molecule has 1 unspecified atom stereocenters. The fraction of sp³-hybridized carbons (Fsp3) is 0.458. The SMILES string of the molecule is CCOC(=O)c1[nH]c(C)c(C(O)=C2C(=O)C(=O)N(CCCN(C)C)C2c2ccc(C)o2)c1C. The molecule has 1 atom stereocenters. The minimum Gasteiger partial charge on any atom is -0.507 e. The average molecular weight is 458 g/mol. The van der Waals surface area contributed by atoms with Crippen LogP contribution >= 0.6 is 0 Å². The number of aromatic nitrogens is 1. The number of amides is 1. The first kappa shape index (κ1) is 24.3. The van der Waals surface area contributed by atoms with E-state index < -0.39 is 23.7 Å². The summed E-state index contributed by atoms with van der Waals surface area (Å²) in [6.45, 7) is 8.07. The number of likely N-dealkylation sites (tertiary alicyclic amines) is 1. The number of carbonyl (C=O) groups is 3. The minimum atomic E-state index is -0.861. The number of aryl methyl sites for hydroxylation is 2. The zero-order valence-electron chi connectivity index (χ0n) is 19.9. The molecule has 3 rings (SSSR count). The molecule has 33 heavy (non-hydrogen) atoms. The molecule has 0 bridgehead atoms. The smallest absolute Gasteiger partial charge is 0.355 e. The van der Waals surface area contributed by atoms with Crippen molar-refractivity contribution in [3.63, 3.8) is 0 Å². The predicted molar refractivity (Wildman–Crippen MR) is 122 cm³/mol. The van der Waals surface area contributed by atoms with E-state index in [1.165, 1.54) is 4.90 Å². The van der Waals surface area contributed by atoms with Crippen LogP contribution in [0.3, 0.4) is 0 Å². The maximum Gasteiger partial charge on any atom is 0.355 e. The van der Waals surface area contributed by atoms with Crippen LogP contribution in [0.5, 0.6) is 0 Å². The lowest BCUT2D eigenvalue weighted by Crippen LogP contribution is -2.32. The molecule has 178 valence electrons. The largest absolute Gasteiger partial charge is 0.507 e. The number of aliphatic hydroxyl groups is 1. The number of furan rings is 1. The van der Waals surface area contributed by atoms with Crippen molar-refractivity contribution in [3.05, 3.63) is 51.7 Å². The second-order valence-corrected chi connectivity index (χ2v) is 8.44. The summed E-state index contributed by atoms with van der Waals surface area (Å²) in [7, 11) is 3.86. The number of esters is 1. The fourth-order valence-corrected chi connectivity index (χ4v) is 4.21.